The van der Waals surface area contributed by atoms with Crippen molar-refractivity contribution in [3.8, 4) is 11.4 Å². The first kappa shape index (κ1) is 11.0. The Bertz CT molecular complexity index is 695. The van der Waals surface area contributed by atoms with Gasteiger partial charge in [-0.3, -0.25) is 4.98 Å². The van der Waals surface area contributed by atoms with E-state index in [1.165, 1.54) is 0 Å². The van der Waals surface area contributed by atoms with Crippen LogP contribution in [0.1, 0.15) is 0 Å². The molecule has 0 bridgehead atoms. The van der Waals surface area contributed by atoms with E-state index in [0.717, 1.165) is 16.6 Å². The zero-order valence-electron chi connectivity index (χ0n) is 9.67. The van der Waals surface area contributed by atoms with E-state index < -0.39 is 0 Å². The third-order valence-corrected chi connectivity index (χ3v) is 3.07. The van der Waals surface area contributed by atoms with Crippen LogP contribution in [0.15, 0.2) is 43.1 Å². The van der Waals surface area contributed by atoms with E-state index >= 15 is 0 Å². The van der Waals surface area contributed by atoms with E-state index in [0.29, 0.717) is 10.8 Å². The quantitative estimate of drug-likeness (QED) is 0.710. The molecule has 0 aliphatic rings. The molecule has 0 aliphatic heterocycles. The van der Waals surface area contributed by atoms with Gasteiger partial charge < -0.3 is 9.30 Å². The second-order valence-electron chi connectivity index (χ2n) is 3.80. The van der Waals surface area contributed by atoms with Crippen molar-refractivity contribution < 1.29 is 4.74 Å². The molecule has 4 nitrogen and oxygen atoms in total. The standard InChI is InChI=1S/C13H10ClN3O/c1-18-13-6-9-11(7-10(13)14)16-3-2-12(9)17-5-4-15-8-17/h2-8H,1H3. The van der Waals surface area contributed by atoms with Gasteiger partial charge in [0.05, 0.1) is 29.7 Å². The smallest absolute Gasteiger partial charge is 0.138 e. The second kappa shape index (κ2) is 4.31. The summed E-state index contributed by atoms with van der Waals surface area (Å²) in [6.45, 7) is 0. The largest absolute Gasteiger partial charge is 0.495 e. The number of rotatable bonds is 2. The fourth-order valence-corrected chi connectivity index (χ4v) is 2.15. The molecule has 0 unspecified atom stereocenters. The molecule has 3 rings (SSSR count). The average molecular weight is 260 g/mol. The Morgan fingerprint density at radius 1 is 1.28 bits per heavy atom. The zero-order chi connectivity index (χ0) is 12.5. The number of hydrogen-bond donors (Lipinski definition) is 0. The minimum atomic E-state index is 0.556. The zero-order valence-corrected chi connectivity index (χ0v) is 10.4. The highest BCUT2D eigenvalue weighted by atomic mass is 35.5. The number of pyridine rings is 1. The molecule has 0 amide bonds. The van der Waals surface area contributed by atoms with Crippen molar-refractivity contribution >= 4 is 22.5 Å². The summed E-state index contributed by atoms with van der Waals surface area (Å²) in [5.41, 5.74) is 1.82. The first-order chi connectivity index (χ1) is 8.79. The SMILES string of the molecule is COc1cc2c(-n3ccnc3)ccnc2cc1Cl. The van der Waals surface area contributed by atoms with Gasteiger partial charge in [-0.2, -0.15) is 0 Å². The summed E-state index contributed by atoms with van der Waals surface area (Å²) in [7, 11) is 1.60. The van der Waals surface area contributed by atoms with Gasteiger partial charge in [0.15, 0.2) is 0 Å². The number of ether oxygens (including phenoxy) is 1. The highest BCUT2D eigenvalue weighted by Crippen LogP contribution is 2.31. The Hall–Kier alpha value is -2.07. The molecule has 0 spiro atoms. The van der Waals surface area contributed by atoms with Crippen LogP contribution in [-0.2, 0) is 0 Å². The number of halogens is 1. The predicted molar refractivity (Wildman–Crippen MR) is 70.4 cm³/mol. The molecular weight excluding hydrogens is 250 g/mol. The van der Waals surface area contributed by atoms with Crippen LogP contribution in [0.4, 0.5) is 0 Å². The molecule has 0 radical (unpaired) electrons. The van der Waals surface area contributed by atoms with Crippen LogP contribution in [-0.4, -0.2) is 21.6 Å². The van der Waals surface area contributed by atoms with E-state index in [1.807, 2.05) is 22.9 Å². The Morgan fingerprint density at radius 3 is 2.89 bits per heavy atom. The normalized spacial score (nSPS) is 10.8. The summed E-state index contributed by atoms with van der Waals surface area (Å²) >= 11 is 6.10. The third kappa shape index (κ3) is 1.71. The van der Waals surface area contributed by atoms with Gasteiger partial charge in [0.25, 0.3) is 0 Å². The lowest BCUT2D eigenvalue weighted by Crippen LogP contribution is -1.94. The summed E-state index contributed by atoms with van der Waals surface area (Å²) in [4.78, 5) is 8.36. The minimum Gasteiger partial charge on any atom is -0.495 e. The van der Waals surface area contributed by atoms with Crippen molar-refractivity contribution in [3.05, 3.63) is 48.1 Å². The minimum absolute atomic E-state index is 0.556. The molecule has 18 heavy (non-hydrogen) atoms. The molecule has 1 aromatic carbocycles. The van der Waals surface area contributed by atoms with Crippen LogP contribution < -0.4 is 4.74 Å². The molecule has 0 atom stereocenters. The van der Waals surface area contributed by atoms with Crippen molar-refractivity contribution in [3.63, 3.8) is 0 Å². The first-order valence-corrected chi connectivity index (χ1v) is 5.78. The van der Waals surface area contributed by atoms with Crippen molar-refractivity contribution in [1.82, 2.24) is 14.5 Å². The van der Waals surface area contributed by atoms with E-state index in [1.54, 1.807) is 31.9 Å². The average Bonchev–Trinajstić information content (AvgIpc) is 2.90. The van der Waals surface area contributed by atoms with Gasteiger partial charge in [-0.25, -0.2) is 4.98 Å². The summed E-state index contributed by atoms with van der Waals surface area (Å²) in [5, 5.41) is 1.53. The third-order valence-electron chi connectivity index (χ3n) is 2.77. The molecule has 2 heterocycles. The molecule has 90 valence electrons. The second-order valence-corrected chi connectivity index (χ2v) is 4.21. The lowest BCUT2D eigenvalue weighted by molar-refractivity contribution is 0.415. The van der Waals surface area contributed by atoms with Crippen LogP contribution in [0.25, 0.3) is 16.6 Å². The number of hydrogen-bond acceptors (Lipinski definition) is 3. The maximum Gasteiger partial charge on any atom is 0.138 e. The number of aromatic nitrogens is 3. The highest BCUT2D eigenvalue weighted by molar-refractivity contribution is 6.32. The van der Waals surface area contributed by atoms with Gasteiger partial charge in [0.1, 0.15) is 5.75 Å². The van der Waals surface area contributed by atoms with Crippen molar-refractivity contribution in [2.75, 3.05) is 7.11 Å². The molecule has 3 aromatic rings. The molecular formula is C13H10ClN3O. The summed E-state index contributed by atoms with van der Waals surface area (Å²) in [6, 6.07) is 5.62. The van der Waals surface area contributed by atoms with Crippen LogP contribution in [0, 0.1) is 0 Å². The van der Waals surface area contributed by atoms with Crippen LogP contribution >= 0.6 is 11.6 Å². The maximum atomic E-state index is 6.10. The van der Waals surface area contributed by atoms with Gasteiger partial charge in [-0.1, -0.05) is 11.6 Å². The van der Waals surface area contributed by atoms with E-state index in [9.17, 15) is 0 Å². The van der Waals surface area contributed by atoms with Crippen LogP contribution in [0.3, 0.4) is 0 Å². The molecule has 0 aliphatic carbocycles. The van der Waals surface area contributed by atoms with Crippen molar-refractivity contribution in [1.29, 1.82) is 0 Å². The van der Waals surface area contributed by atoms with Gasteiger partial charge in [-0.15, -0.1) is 0 Å². The molecule has 0 fully saturated rings. The Kier molecular flexibility index (Phi) is 2.64. The number of nitrogens with zero attached hydrogens (tertiary/aromatic N) is 3. The molecule has 5 heteroatoms. The first-order valence-electron chi connectivity index (χ1n) is 5.40. The topological polar surface area (TPSA) is 39.9 Å². The van der Waals surface area contributed by atoms with E-state index in [-0.39, 0.29) is 0 Å². The van der Waals surface area contributed by atoms with Gasteiger partial charge in [-0.05, 0) is 18.2 Å². The number of fused-ring (bicyclic) bond motifs is 1. The Labute approximate surface area is 109 Å². The molecule has 2 aromatic heterocycles. The maximum absolute atomic E-state index is 6.10. The van der Waals surface area contributed by atoms with Crippen molar-refractivity contribution in [2.45, 2.75) is 0 Å². The van der Waals surface area contributed by atoms with Crippen molar-refractivity contribution in [2.24, 2.45) is 0 Å². The van der Waals surface area contributed by atoms with Gasteiger partial charge >= 0.3 is 0 Å². The van der Waals surface area contributed by atoms with E-state index in [2.05, 4.69) is 9.97 Å². The van der Waals surface area contributed by atoms with Crippen LogP contribution in [0.5, 0.6) is 5.75 Å². The van der Waals surface area contributed by atoms with Gasteiger partial charge in [0.2, 0.25) is 0 Å². The summed E-state index contributed by atoms with van der Waals surface area (Å²) < 4.78 is 7.17. The number of methoxy groups -OCH3 is 1. The fraction of sp³-hybridized carbons (Fsp3) is 0.0769. The molecule has 0 saturated carbocycles. The molecule has 0 saturated heterocycles. The summed E-state index contributed by atoms with van der Waals surface area (Å²) in [5.74, 6) is 0.638. The lowest BCUT2D eigenvalue weighted by atomic mass is 10.1. The monoisotopic (exact) mass is 259 g/mol. The highest BCUT2D eigenvalue weighted by Gasteiger charge is 2.08. The number of imidazole rings is 1. The molecule has 0 N–H and O–H groups in total. The predicted octanol–water partition coefficient (Wildman–Crippen LogP) is 3.08. The van der Waals surface area contributed by atoms with Gasteiger partial charge in [0, 0.05) is 24.0 Å². The number of benzene rings is 1. The van der Waals surface area contributed by atoms with Crippen LogP contribution in [0.2, 0.25) is 5.02 Å². The fourth-order valence-electron chi connectivity index (χ4n) is 1.92. The van der Waals surface area contributed by atoms with E-state index in [4.69, 9.17) is 16.3 Å². The Balaban J connectivity index is 2.33. The summed E-state index contributed by atoms with van der Waals surface area (Å²) in [6.07, 6.45) is 7.12. The lowest BCUT2D eigenvalue weighted by Gasteiger charge is -2.09. The Morgan fingerprint density at radius 2 is 2.17 bits per heavy atom.